The van der Waals surface area contributed by atoms with Crippen LogP contribution in [0.3, 0.4) is 0 Å². The van der Waals surface area contributed by atoms with Crippen molar-refractivity contribution in [3.63, 3.8) is 0 Å². The van der Waals surface area contributed by atoms with Crippen LogP contribution < -0.4 is 4.74 Å². The molecule has 1 N–H and O–H groups in total. The summed E-state index contributed by atoms with van der Waals surface area (Å²) in [4.78, 5) is 3.34. The van der Waals surface area contributed by atoms with Crippen molar-refractivity contribution < 1.29 is 4.74 Å². The molecule has 8 rings (SSSR count). The molecule has 0 saturated heterocycles. The number of rotatable bonds is 1. The summed E-state index contributed by atoms with van der Waals surface area (Å²) in [6, 6.07) is 15.7. The first-order valence-electron chi connectivity index (χ1n) is 10.7. The molecule has 0 amide bonds. The predicted molar refractivity (Wildman–Crippen MR) is 108 cm³/mol. The number of aromatic amines is 1. The van der Waals surface area contributed by atoms with Gasteiger partial charge in [-0.2, -0.15) is 0 Å². The molecule has 1 aromatic heterocycles. The summed E-state index contributed by atoms with van der Waals surface area (Å²) in [5.41, 5.74) is 5.41. The normalized spacial score (nSPS) is 35.7. The smallest absolute Gasteiger partial charge is 0.123 e. The van der Waals surface area contributed by atoms with Crippen molar-refractivity contribution in [3.05, 3.63) is 54.2 Å². The Morgan fingerprint density at radius 3 is 2.52 bits per heavy atom. The second kappa shape index (κ2) is 4.98. The molecule has 136 valence electrons. The van der Waals surface area contributed by atoms with Crippen molar-refractivity contribution in [2.45, 2.75) is 44.1 Å². The molecule has 5 aliphatic rings. The van der Waals surface area contributed by atoms with E-state index in [0.29, 0.717) is 0 Å². The monoisotopic (exact) mass is 355 g/mol. The minimum absolute atomic E-state index is 0.120. The molecule has 3 aromatic rings. The van der Waals surface area contributed by atoms with Crippen LogP contribution >= 0.6 is 0 Å². The molecule has 1 spiro atoms. The fraction of sp³-hybridized carbons (Fsp3) is 0.440. The quantitative estimate of drug-likeness (QED) is 0.572. The second-order valence-corrected chi connectivity index (χ2v) is 9.61. The Morgan fingerprint density at radius 1 is 0.889 bits per heavy atom. The van der Waals surface area contributed by atoms with E-state index in [0.717, 1.165) is 35.8 Å². The Balaban J connectivity index is 1.30. The van der Waals surface area contributed by atoms with E-state index >= 15 is 0 Å². The van der Waals surface area contributed by atoms with Crippen LogP contribution in [0.4, 0.5) is 0 Å². The van der Waals surface area contributed by atoms with E-state index in [1.165, 1.54) is 59.7 Å². The highest BCUT2D eigenvalue weighted by Gasteiger charge is 2.60. The van der Waals surface area contributed by atoms with Crippen LogP contribution in [0.1, 0.15) is 37.7 Å². The molecule has 4 bridgehead atoms. The highest BCUT2D eigenvalue weighted by Crippen LogP contribution is 2.62. The third-order valence-electron chi connectivity index (χ3n) is 8.25. The molecular formula is C25H25NO. The predicted octanol–water partition coefficient (Wildman–Crippen LogP) is 5.96. The molecule has 2 heteroatoms. The van der Waals surface area contributed by atoms with Crippen LogP contribution in [-0.2, 0) is 6.42 Å². The van der Waals surface area contributed by atoms with Gasteiger partial charge in [0.15, 0.2) is 0 Å². The first kappa shape index (κ1) is 14.8. The van der Waals surface area contributed by atoms with E-state index in [-0.39, 0.29) is 5.60 Å². The lowest BCUT2D eigenvalue weighted by Gasteiger charge is -2.59. The molecule has 2 nitrogen and oxygen atoms in total. The van der Waals surface area contributed by atoms with Gasteiger partial charge in [-0.1, -0.05) is 18.2 Å². The molecule has 0 radical (unpaired) electrons. The SMILES string of the molecule is c1cc(-c2ccc3c(c2)CC2(O3)C3CC4CC(C3)CC2C4)c2cc[nH]c2c1. The minimum atomic E-state index is 0.120. The van der Waals surface area contributed by atoms with Crippen molar-refractivity contribution in [1.82, 2.24) is 4.98 Å². The van der Waals surface area contributed by atoms with Crippen molar-refractivity contribution in [1.29, 1.82) is 0 Å². The standard InChI is InChI=1S/C25H25NO/c1-2-21(22-6-7-26-23(22)3-1)17-4-5-24-18(13-17)14-25(27-24)19-9-15-8-16(11-19)12-20(25)10-15/h1-7,13,15-16,19-20,26H,8-12,14H2. The van der Waals surface area contributed by atoms with E-state index in [1.54, 1.807) is 0 Å². The van der Waals surface area contributed by atoms with Crippen molar-refractivity contribution in [2.75, 3.05) is 0 Å². The van der Waals surface area contributed by atoms with E-state index in [9.17, 15) is 0 Å². The summed E-state index contributed by atoms with van der Waals surface area (Å²) in [6.45, 7) is 0. The fourth-order valence-electron chi connectivity index (χ4n) is 7.30. The fourth-order valence-corrected chi connectivity index (χ4v) is 7.30. The van der Waals surface area contributed by atoms with E-state index < -0.39 is 0 Å². The third-order valence-corrected chi connectivity index (χ3v) is 8.25. The Morgan fingerprint density at radius 2 is 1.70 bits per heavy atom. The molecule has 0 atom stereocenters. The van der Waals surface area contributed by atoms with Gasteiger partial charge in [0.2, 0.25) is 0 Å². The average molecular weight is 355 g/mol. The number of benzene rings is 2. The van der Waals surface area contributed by atoms with E-state index in [1.807, 2.05) is 6.20 Å². The van der Waals surface area contributed by atoms with Crippen LogP contribution in [0.2, 0.25) is 0 Å². The molecule has 2 aromatic carbocycles. The summed E-state index contributed by atoms with van der Waals surface area (Å²) < 4.78 is 6.83. The Bertz CT molecular complexity index is 1030. The number of fused-ring (bicyclic) bond motifs is 2. The first-order chi connectivity index (χ1) is 13.3. The van der Waals surface area contributed by atoms with Crippen LogP contribution in [-0.4, -0.2) is 10.6 Å². The minimum Gasteiger partial charge on any atom is -0.486 e. The lowest BCUT2D eigenvalue weighted by molar-refractivity contribution is -0.145. The maximum atomic E-state index is 6.83. The average Bonchev–Trinajstić information content (AvgIpc) is 3.30. The molecule has 4 aliphatic carbocycles. The zero-order valence-electron chi connectivity index (χ0n) is 15.6. The topological polar surface area (TPSA) is 25.0 Å². The molecule has 4 saturated carbocycles. The van der Waals surface area contributed by atoms with Crippen molar-refractivity contribution in [2.24, 2.45) is 23.7 Å². The molecule has 1 aliphatic heterocycles. The van der Waals surface area contributed by atoms with Gasteiger partial charge in [0, 0.05) is 23.5 Å². The lowest BCUT2D eigenvalue weighted by atomic mass is 9.49. The molecule has 27 heavy (non-hydrogen) atoms. The van der Waals surface area contributed by atoms with Gasteiger partial charge in [-0.15, -0.1) is 0 Å². The highest BCUT2D eigenvalue weighted by atomic mass is 16.5. The maximum absolute atomic E-state index is 6.83. The van der Waals surface area contributed by atoms with Gasteiger partial charge in [0.05, 0.1) is 0 Å². The number of aromatic nitrogens is 1. The van der Waals surface area contributed by atoms with Gasteiger partial charge in [0.1, 0.15) is 11.4 Å². The number of hydrogen-bond acceptors (Lipinski definition) is 1. The summed E-state index contributed by atoms with van der Waals surface area (Å²) in [5, 5.41) is 1.31. The van der Waals surface area contributed by atoms with Gasteiger partial charge in [-0.3, -0.25) is 0 Å². The van der Waals surface area contributed by atoms with Gasteiger partial charge < -0.3 is 9.72 Å². The first-order valence-corrected chi connectivity index (χ1v) is 10.7. The van der Waals surface area contributed by atoms with Crippen molar-refractivity contribution in [3.8, 4) is 16.9 Å². The Hall–Kier alpha value is -2.22. The van der Waals surface area contributed by atoms with E-state index in [2.05, 4.69) is 47.4 Å². The molecular weight excluding hydrogens is 330 g/mol. The summed E-state index contributed by atoms with van der Waals surface area (Å²) >= 11 is 0. The molecule has 4 fully saturated rings. The van der Waals surface area contributed by atoms with Gasteiger partial charge in [-0.05, 0) is 96.7 Å². The maximum Gasteiger partial charge on any atom is 0.123 e. The zero-order valence-corrected chi connectivity index (χ0v) is 15.6. The lowest BCUT2D eigenvalue weighted by Crippen LogP contribution is -2.60. The third kappa shape index (κ3) is 1.91. The largest absolute Gasteiger partial charge is 0.486 e. The number of hydrogen-bond donors (Lipinski definition) is 1. The van der Waals surface area contributed by atoms with Crippen LogP contribution in [0, 0.1) is 23.7 Å². The van der Waals surface area contributed by atoms with Crippen molar-refractivity contribution >= 4 is 10.9 Å². The second-order valence-electron chi connectivity index (χ2n) is 9.61. The molecule has 2 heterocycles. The number of nitrogens with one attached hydrogen (secondary N) is 1. The van der Waals surface area contributed by atoms with Crippen LogP contribution in [0.25, 0.3) is 22.0 Å². The summed E-state index contributed by atoms with van der Waals surface area (Å²) in [6.07, 6.45) is 10.3. The number of H-pyrrole nitrogens is 1. The molecule has 0 unspecified atom stereocenters. The van der Waals surface area contributed by atoms with Gasteiger partial charge >= 0.3 is 0 Å². The zero-order chi connectivity index (χ0) is 17.6. The summed E-state index contributed by atoms with van der Waals surface area (Å²) in [5.74, 6) is 4.72. The number of ether oxygens (including phenoxy) is 1. The highest BCUT2D eigenvalue weighted by molar-refractivity contribution is 5.95. The Kier molecular flexibility index (Phi) is 2.73. The van der Waals surface area contributed by atoms with E-state index in [4.69, 9.17) is 4.74 Å². The summed E-state index contributed by atoms with van der Waals surface area (Å²) in [7, 11) is 0. The van der Waals surface area contributed by atoms with Gasteiger partial charge in [-0.25, -0.2) is 0 Å². The Labute approximate surface area is 159 Å². The van der Waals surface area contributed by atoms with Crippen LogP contribution in [0.5, 0.6) is 5.75 Å². The van der Waals surface area contributed by atoms with Crippen LogP contribution in [0.15, 0.2) is 48.7 Å². The van der Waals surface area contributed by atoms with Gasteiger partial charge in [0.25, 0.3) is 0 Å².